The van der Waals surface area contributed by atoms with Gasteiger partial charge in [-0.25, -0.2) is 9.18 Å². The molecule has 0 bridgehead atoms. The smallest absolute Gasteiger partial charge is 0.312 e. The molecule has 0 spiro atoms. The Hall–Kier alpha value is -6.63. The topological polar surface area (TPSA) is 418 Å². The number of hydrogen-bond acceptors (Lipinski definition) is 12. The molecule has 0 saturated heterocycles. The number of carbonyl (C=O) groups is 9. The number of urea groups is 1. The number of aliphatic imine (C=N–C) groups is 1. The van der Waals surface area contributed by atoms with Crippen LogP contribution in [0.2, 0.25) is 0 Å². The van der Waals surface area contributed by atoms with Crippen molar-refractivity contribution in [3.63, 3.8) is 0 Å². The zero-order chi connectivity index (χ0) is 53.1. The van der Waals surface area contributed by atoms with Gasteiger partial charge in [-0.2, -0.15) is 0 Å². The molecule has 10 amide bonds. The van der Waals surface area contributed by atoms with Gasteiger partial charge in [0.15, 0.2) is 5.96 Å². The summed E-state index contributed by atoms with van der Waals surface area (Å²) in [7, 11) is 0. The van der Waals surface area contributed by atoms with Crippen LogP contribution in [0, 0.1) is 17.7 Å². The molecule has 1 rings (SSSR count). The normalized spacial score (nSPS) is 14.9. The monoisotopic (exact) mass is 992 g/mol. The summed E-state index contributed by atoms with van der Waals surface area (Å²) in [5, 5.41) is 20.8. The molecular formula is C45H78FN15O9. The highest BCUT2D eigenvalue weighted by Gasteiger charge is 2.35. The lowest BCUT2D eigenvalue weighted by molar-refractivity contribution is -0.136. The maximum atomic E-state index is 14.3. The average molecular weight is 992 g/mol. The van der Waals surface area contributed by atoms with Gasteiger partial charge >= 0.3 is 6.03 Å². The summed E-state index contributed by atoms with van der Waals surface area (Å²) >= 11 is 0. The fourth-order valence-electron chi connectivity index (χ4n) is 6.84. The Morgan fingerprint density at radius 3 is 1.59 bits per heavy atom. The number of halogens is 1. The van der Waals surface area contributed by atoms with Crippen LogP contribution in [0.3, 0.4) is 0 Å². The SMILES string of the molecule is CC[C@H](C)[C@H](NC(=O)[C@H](CC(C)C)NC(=O)[C@H](CCCNC(N)=O)NC(=O)[C@H](CCCN=C(N)N)NC(=O)[C@H](CCCCN)NC(=O)[C@H](C)NC(=O)[C@H](C)N)C(=O)N[C@@H](Cc1ccc(F)cc1)C(N)=O. The fourth-order valence-corrected chi connectivity index (χ4v) is 6.84. The first-order valence-corrected chi connectivity index (χ1v) is 23.6. The molecule has 0 aliphatic carbocycles. The Balaban J connectivity index is 3.54. The molecule has 0 aliphatic rings. The zero-order valence-electron chi connectivity index (χ0n) is 41.2. The molecule has 0 saturated carbocycles. The van der Waals surface area contributed by atoms with Gasteiger partial charge in [-0.05, 0) is 101 Å². The van der Waals surface area contributed by atoms with Gasteiger partial charge < -0.3 is 76.9 Å². The zero-order valence-corrected chi connectivity index (χ0v) is 41.2. The van der Waals surface area contributed by atoms with Crippen molar-refractivity contribution in [1.82, 2.24) is 42.5 Å². The maximum absolute atomic E-state index is 14.3. The summed E-state index contributed by atoms with van der Waals surface area (Å²) in [5.74, 6) is -7.48. The van der Waals surface area contributed by atoms with E-state index in [-0.39, 0.29) is 69.9 Å². The van der Waals surface area contributed by atoms with Crippen LogP contribution in [0.1, 0.15) is 105 Å². The number of nitrogens with zero attached hydrogens (tertiary/aromatic N) is 1. The number of rotatable bonds is 33. The summed E-state index contributed by atoms with van der Waals surface area (Å²) in [6.45, 7) is 10.3. The van der Waals surface area contributed by atoms with E-state index in [0.29, 0.717) is 31.4 Å². The van der Waals surface area contributed by atoms with Crippen LogP contribution in [0.4, 0.5) is 9.18 Å². The van der Waals surface area contributed by atoms with E-state index in [1.807, 2.05) is 0 Å². The number of hydrogen-bond donors (Lipinski definition) is 14. The van der Waals surface area contributed by atoms with Gasteiger partial charge in [-0.3, -0.25) is 43.3 Å². The van der Waals surface area contributed by atoms with Gasteiger partial charge in [-0.1, -0.05) is 46.2 Å². The molecule has 9 atom stereocenters. The number of carbonyl (C=O) groups excluding carboxylic acids is 9. The standard InChI is InChI=1S/C45H78FN15O9/c1-7-25(4)35(43(69)59-33(36(49)62)23-28-15-17-29(46)18-16-28)61-42(68)34(22-24(2)3)60-41(67)32(14-11-21-54-45(52)70)58-40(66)31(13-10-20-53-44(50)51)57-39(65)30(12-8-9-19-47)56-38(64)27(6)55-37(63)26(5)48/h15-18,24-27,30-35H,7-14,19-23,47-48H2,1-6H3,(H2,49,62)(H,55,63)(H,56,64)(H,57,65)(H,58,66)(H,59,69)(H,60,67)(H,61,68)(H4,50,51,53)(H3,52,54,70)/t25-,26-,27-,30-,31-,32-,33-,34-,35-/m0/s1. The maximum Gasteiger partial charge on any atom is 0.312 e. The second-order valence-corrected chi connectivity index (χ2v) is 17.7. The predicted octanol–water partition coefficient (Wildman–Crippen LogP) is -2.66. The number of benzene rings is 1. The van der Waals surface area contributed by atoms with Crippen molar-refractivity contribution in [2.75, 3.05) is 19.6 Å². The van der Waals surface area contributed by atoms with Crippen molar-refractivity contribution in [2.24, 2.45) is 51.2 Å². The molecule has 25 heteroatoms. The van der Waals surface area contributed by atoms with Gasteiger partial charge in [0, 0.05) is 19.5 Å². The molecule has 24 nitrogen and oxygen atoms in total. The summed E-state index contributed by atoms with van der Waals surface area (Å²) in [4.78, 5) is 124. The van der Waals surface area contributed by atoms with Gasteiger partial charge in [0.2, 0.25) is 47.3 Å². The van der Waals surface area contributed by atoms with Gasteiger partial charge in [-0.15, -0.1) is 0 Å². The molecule has 0 heterocycles. The van der Waals surface area contributed by atoms with Crippen LogP contribution in [-0.4, -0.2) is 127 Å². The molecule has 394 valence electrons. The molecule has 70 heavy (non-hydrogen) atoms. The molecular weight excluding hydrogens is 914 g/mol. The van der Waals surface area contributed by atoms with Crippen molar-refractivity contribution in [2.45, 2.75) is 154 Å². The Kier molecular flexibility index (Phi) is 28.3. The Bertz CT molecular complexity index is 1920. The minimum Gasteiger partial charge on any atom is -0.370 e. The highest BCUT2D eigenvalue weighted by Crippen LogP contribution is 2.14. The van der Waals surface area contributed by atoms with E-state index in [1.165, 1.54) is 38.1 Å². The van der Waals surface area contributed by atoms with Crippen LogP contribution in [0.25, 0.3) is 0 Å². The highest BCUT2D eigenvalue weighted by atomic mass is 19.1. The molecule has 0 aliphatic heterocycles. The summed E-state index contributed by atoms with van der Waals surface area (Å²) in [6.07, 6.45) is 1.51. The largest absolute Gasteiger partial charge is 0.370 e. The summed E-state index contributed by atoms with van der Waals surface area (Å²) < 4.78 is 13.6. The molecule has 1 aromatic carbocycles. The predicted molar refractivity (Wildman–Crippen MR) is 261 cm³/mol. The minimum atomic E-state index is -1.38. The lowest BCUT2D eigenvalue weighted by Crippen LogP contribution is -2.61. The fraction of sp³-hybridized carbons (Fsp3) is 0.644. The number of amides is 10. The van der Waals surface area contributed by atoms with Crippen molar-refractivity contribution in [3.8, 4) is 0 Å². The van der Waals surface area contributed by atoms with Gasteiger partial charge in [0.25, 0.3) is 0 Å². The lowest BCUT2D eigenvalue weighted by atomic mass is 9.95. The van der Waals surface area contributed by atoms with Crippen LogP contribution < -0.4 is 76.9 Å². The molecule has 0 aromatic heterocycles. The van der Waals surface area contributed by atoms with Crippen molar-refractivity contribution in [3.05, 3.63) is 35.6 Å². The van der Waals surface area contributed by atoms with Crippen LogP contribution in [0.5, 0.6) is 0 Å². The Labute approximate surface area is 409 Å². The van der Waals surface area contributed by atoms with E-state index >= 15 is 0 Å². The minimum absolute atomic E-state index is 0.00399. The second kappa shape index (κ2) is 32.2. The first-order valence-electron chi connectivity index (χ1n) is 23.6. The van der Waals surface area contributed by atoms with Crippen molar-refractivity contribution >= 4 is 59.2 Å². The Morgan fingerprint density at radius 2 is 1.10 bits per heavy atom. The number of nitrogens with one attached hydrogen (secondary N) is 8. The first kappa shape index (κ1) is 61.4. The van der Waals surface area contributed by atoms with E-state index in [9.17, 15) is 47.5 Å². The summed E-state index contributed by atoms with van der Waals surface area (Å²) in [5.41, 5.74) is 33.7. The number of guanidine groups is 1. The van der Waals surface area contributed by atoms with E-state index in [2.05, 4.69) is 47.5 Å². The van der Waals surface area contributed by atoms with E-state index in [1.54, 1.807) is 27.7 Å². The van der Waals surface area contributed by atoms with Crippen LogP contribution in [0.15, 0.2) is 29.3 Å². The third kappa shape index (κ3) is 24.1. The summed E-state index contributed by atoms with van der Waals surface area (Å²) in [6, 6.07) is -5.16. The quantitative estimate of drug-likeness (QED) is 0.0195. The first-order chi connectivity index (χ1) is 32.9. The molecule has 1 aromatic rings. The number of unbranched alkanes of at least 4 members (excludes halogenated alkanes) is 1. The van der Waals surface area contributed by atoms with Crippen LogP contribution in [-0.2, 0) is 44.8 Å². The highest BCUT2D eigenvalue weighted by molar-refractivity contribution is 5.97. The lowest BCUT2D eigenvalue weighted by Gasteiger charge is -2.30. The van der Waals surface area contributed by atoms with E-state index in [0.717, 1.165) is 0 Å². The molecule has 0 radical (unpaired) electrons. The molecule has 0 fully saturated rings. The average Bonchev–Trinajstić information content (AvgIpc) is 3.28. The third-order valence-electron chi connectivity index (χ3n) is 11.1. The molecule has 0 unspecified atom stereocenters. The van der Waals surface area contributed by atoms with E-state index < -0.39 is 113 Å². The third-order valence-corrected chi connectivity index (χ3v) is 11.1. The van der Waals surface area contributed by atoms with Crippen molar-refractivity contribution in [1.29, 1.82) is 0 Å². The number of primary amides is 2. The van der Waals surface area contributed by atoms with Gasteiger partial charge in [0.05, 0.1) is 6.04 Å². The van der Waals surface area contributed by atoms with Crippen molar-refractivity contribution < 1.29 is 47.5 Å². The number of nitrogens with two attached hydrogens (primary N) is 6. The second-order valence-electron chi connectivity index (χ2n) is 17.7. The van der Waals surface area contributed by atoms with E-state index in [4.69, 9.17) is 34.4 Å². The molecule has 20 N–H and O–H groups in total. The van der Waals surface area contributed by atoms with Crippen LogP contribution >= 0.6 is 0 Å². The Morgan fingerprint density at radius 1 is 0.600 bits per heavy atom. The van der Waals surface area contributed by atoms with Gasteiger partial charge in [0.1, 0.15) is 48.1 Å².